The maximum atomic E-state index is 13.7. The molecule has 1 fully saturated rings. The average molecular weight is 605 g/mol. The minimum absolute atomic E-state index is 0.0291. The van der Waals surface area contributed by atoms with Crippen molar-refractivity contribution in [3.8, 4) is 5.75 Å². The molecule has 0 saturated heterocycles. The van der Waals surface area contributed by atoms with E-state index in [0.717, 1.165) is 41.4 Å². The minimum atomic E-state index is -0.427. The summed E-state index contributed by atoms with van der Waals surface area (Å²) >= 11 is 3.47. The van der Waals surface area contributed by atoms with Gasteiger partial charge in [-0.2, -0.15) is 9.78 Å². The maximum Gasteiger partial charge on any atom is 0.282 e. The number of halogens is 1. The molecule has 0 atom stereocenters. The molecular weight excluding hydrogens is 574 g/mol. The molecule has 1 aliphatic rings. The first-order valence-electron chi connectivity index (χ1n) is 13.2. The number of benzene rings is 3. The molecule has 40 heavy (non-hydrogen) atoms. The van der Waals surface area contributed by atoms with Gasteiger partial charge in [0.2, 0.25) is 0 Å². The zero-order valence-electron chi connectivity index (χ0n) is 22.4. The first-order valence-corrected chi connectivity index (χ1v) is 14.0. The molecule has 0 N–H and O–H groups in total. The highest BCUT2D eigenvalue weighted by molar-refractivity contribution is 9.10. The van der Waals surface area contributed by atoms with Crippen molar-refractivity contribution in [1.29, 1.82) is 0 Å². The lowest BCUT2D eigenvalue weighted by Gasteiger charge is -2.23. The van der Waals surface area contributed by atoms with E-state index < -0.39 is 4.92 Å². The highest BCUT2D eigenvalue weighted by Gasteiger charge is 2.22. The summed E-state index contributed by atoms with van der Waals surface area (Å²) in [5.41, 5.74) is 2.92. The van der Waals surface area contributed by atoms with Gasteiger partial charge < -0.3 is 9.64 Å². The quantitative estimate of drug-likeness (QED) is 0.127. The second-order valence-electron chi connectivity index (χ2n) is 10.2. The standard InChI is InChI=1S/C30H30BrN5O4/c1-34(2)25-14-10-22(28(17-25)40-19-20-8-12-24(13-9-20)36(38)39)18-32-35-29(21-6-4-3-5-7-21)33-27-15-11-23(31)16-26(27)30(35)37/h8-18,21H,3-7,19H2,1-2H3. The van der Waals surface area contributed by atoms with Gasteiger partial charge in [0.05, 0.1) is 22.0 Å². The van der Waals surface area contributed by atoms with Crippen molar-refractivity contribution in [2.24, 2.45) is 5.10 Å². The van der Waals surface area contributed by atoms with Crippen LogP contribution in [0.1, 0.15) is 55.0 Å². The molecular formula is C30H30BrN5O4. The Balaban J connectivity index is 1.52. The lowest BCUT2D eigenvalue weighted by Crippen LogP contribution is -2.25. The van der Waals surface area contributed by atoms with Crippen molar-refractivity contribution in [2.75, 3.05) is 19.0 Å². The van der Waals surface area contributed by atoms with E-state index in [0.29, 0.717) is 28.0 Å². The lowest BCUT2D eigenvalue weighted by molar-refractivity contribution is -0.384. The second kappa shape index (κ2) is 12.0. The zero-order valence-corrected chi connectivity index (χ0v) is 24.0. The molecule has 9 nitrogen and oxygen atoms in total. The number of nitrogens with zero attached hydrogens (tertiary/aromatic N) is 5. The summed E-state index contributed by atoms with van der Waals surface area (Å²) in [6, 6.07) is 17.6. The number of hydrogen-bond donors (Lipinski definition) is 0. The van der Waals surface area contributed by atoms with Gasteiger partial charge in [-0.3, -0.25) is 14.9 Å². The van der Waals surface area contributed by atoms with Crippen LogP contribution in [0, 0.1) is 10.1 Å². The summed E-state index contributed by atoms with van der Waals surface area (Å²) in [4.78, 5) is 31.1. The molecule has 4 aromatic rings. The second-order valence-corrected chi connectivity index (χ2v) is 11.1. The molecule has 0 spiro atoms. The normalized spacial score (nSPS) is 14.1. The number of fused-ring (bicyclic) bond motifs is 1. The van der Waals surface area contributed by atoms with Crippen LogP contribution < -0.4 is 15.2 Å². The van der Waals surface area contributed by atoms with Gasteiger partial charge in [0.25, 0.3) is 11.2 Å². The molecule has 1 aliphatic carbocycles. The third-order valence-corrected chi connectivity index (χ3v) is 7.66. The number of rotatable bonds is 8. The third kappa shape index (κ3) is 6.07. The lowest BCUT2D eigenvalue weighted by atomic mass is 9.88. The fourth-order valence-electron chi connectivity index (χ4n) is 4.93. The highest BCUT2D eigenvalue weighted by atomic mass is 79.9. The molecule has 5 rings (SSSR count). The number of ether oxygens (including phenoxy) is 1. The highest BCUT2D eigenvalue weighted by Crippen LogP contribution is 2.32. The SMILES string of the molecule is CN(C)c1ccc(C=Nn2c(C3CCCCC3)nc3ccc(Br)cc3c2=O)c(OCc2ccc([N+](=O)[O-])cc2)c1. The van der Waals surface area contributed by atoms with Gasteiger partial charge in [-0.05, 0) is 60.9 Å². The first-order chi connectivity index (χ1) is 19.3. The van der Waals surface area contributed by atoms with Crippen LogP contribution >= 0.6 is 15.9 Å². The largest absolute Gasteiger partial charge is 0.488 e. The van der Waals surface area contributed by atoms with E-state index in [4.69, 9.17) is 9.72 Å². The topological polar surface area (TPSA) is 103 Å². The van der Waals surface area contributed by atoms with E-state index in [2.05, 4.69) is 21.0 Å². The van der Waals surface area contributed by atoms with Crippen LogP contribution in [-0.4, -0.2) is 34.9 Å². The molecule has 0 bridgehead atoms. The Hall–Kier alpha value is -4.05. The van der Waals surface area contributed by atoms with Crippen LogP contribution in [0.15, 0.2) is 75.0 Å². The Morgan fingerprint density at radius 2 is 1.85 bits per heavy atom. The smallest absolute Gasteiger partial charge is 0.282 e. The van der Waals surface area contributed by atoms with Gasteiger partial charge in [0.15, 0.2) is 0 Å². The van der Waals surface area contributed by atoms with Gasteiger partial charge in [0.1, 0.15) is 18.2 Å². The van der Waals surface area contributed by atoms with Gasteiger partial charge in [-0.15, -0.1) is 0 Å². The molecule has 0 unspecified atom stereocenters. The van der Waals surface area contributed by atoms with E-state index >= 15 is 0 Å². The van der Waals surface area contributed by atoms with Gasteiger partial charge in [-0.25, -0.2) is 4.98 Å². The van der Waals surface area contributed by atoms with E-state index in [1.54, 1.807) is 24.4 Å². The third-order valence-electron chi connectivity index (χ3n) is 7.17. The van der Waals surface area contributed by atoms with Crippen LogP contribution in [0.4, 0.5) is 11.4 Å². The molecule has 1 aromatic heterocycles. The summed E-state index contributed by atoms with van der Waals surface area (Å²) < 4.78 is 8.42. The number of nitro groups is 1. The van der Waals surface area contributed by atoms with Crippen LogP contribution in [0.5, 0.6) is 5.75 Å². The predicted molar refractivity (Wildman–Crippen MR) is 161 cm³/mol. The Morgan fingerprint density at radius 3 is 2.55 bits per heavy atom. The van der Waals surface area contributed by atoms with Crippen molar-refractivity contribution in [3.05, 3.63) is 103 Å². The van der Waals surface area contributed by atoms with Gasteiger partial charge >= 0.3 is 0 Å². The van der Waals surface area contributed by atoms with Crippen molar-refractivity contribution in [2.45, 2.75) is 44.6 Å². The Kier molecular flexibility index (Phi) is 8.25. The van der Waals surface area contributed by atoms with E-state index in [1.807, 2.05) is 49.3 Å². The molecule has 0 aliphatic heterocycles. The van der Waals surface area contributed by atoms with Gasteiger partial charge in [0, 0.05) is 53.9 Å². The minimum Gasteiger partial charge on any atom is -0.488 e. The summed E-state index contributed by atoms with van der Waals surface area (Å²) in [5.74, 6) is 1.44. The van der Waals surface area contributed by atoms with E-state index in [9.17, 15) is 14.9 Å². The van der Waals surface area contributed by atoms with Crippen molar-refractivity contribution < 1.29 is 9.66 Å². The molecule has 3 aromatic carbocycles. The summed E-state index contributed by atoms with van der Waals surface area (Å²) in [5, 5.41) is 16.2. The Labute approximate surface area is 240 Å². The predicted octanol–water partition coefficient (Wildman–Crippen LogP) is 6.64. The number of non-ortho nitro benzene ring substituents is 1. The number of anilines is 1. The molecule has 0 radical (unpaired) electrons. The molecule has 1 saturated carbocycles. The van der Waals surface area contributed by atoms with Crippen molar-refractivity contribution in [3.63, 3.8) is 0 Å². The number of hydrogen-bond acceptors (Lipinski definition) is 7. The summed E-state index contributed by atoms with van der Waals surface area (Å²) in [6.07, 6.45) is 7.00. The monoisotopic (exact) mass is 603 g/mol. The van der Waals surface area contributed by atoms with E-state index in [1.165, 1.54) is 23.2 Å². The molecule has 1 heterocycles. The van der Waals surface area contributed by atoms with Crippen molar-refractivity contribution >= 4 is 44.4 Å². The summed E-state index contributed by atoms with van der Waals surface area (Å²) in [6.45, 7) is 0.217. The van der Waals surface area contributed by atoms with Crippen LogP contribution in [-0.2, 0) is 6.61 Å². The zero-order chi connectivity index (χ0) is 28.2. The molecule has 206 valence electrons. The Bertz CT molecular complexity index is 1630. The number of nitro benzene ring substituents is 1. The molecule has 10 heteroatoms. The fraction of sp³-hybridized carbons (Fsp3) is 0.300. The summed E-state index contributed by atoms with van der Waals surface area (Å²) in [7, 11) is 3.89. The maximum absolute atomic E-state index is 13.7. The van der Waals surface area contributed by atoms with E-state index in [-0.39, 0.29) is 23.8 Å². The first kappa shape index (κ1) is 27.5. The van der Waals surface area contributed by atoms with Gasteiger partial charge in [-0.1, -0.05) is 35.2 Å². The average Bonchev–Trinajstić information content (AvgIpc) is 2.96. The Morgan fingerprint density at radius 1 is 1.10 bits per heavy atom. The van der Waals surface area contributed by atoms with Crippen LogP contribution in [0.25, 0.3) is 10.9 Å². The number of aromatic nitrogens is 2. The van der Waals surface area contributed by atoms with Crippen molar-refractivity contribution in [1.82, 2.24) is 9.66 Å². The van der Waals surface area contributed by atoms with Crippen LogP contribution in [0.3, 0.4) is 0 Å². The fourth-order valence-corrected chi connectivity index (χ4v) is 5.29. The van der Waals surface area contributed by atoms with Crippen LogP contribution in [0.2, 0.25) is 0 Å². The molecule has 0 amide bonds.